The van der Waals surface area contributed by atoms with Crippen LogP contribution in [-0.2, 0) is 17.3 Å². The molecule has 2 heterocycles. The van der Waals surface area contributed by atoms with Gasteiger partial charge in [0.05, 0.1) is 12.2 Å². The first kappa shape index (κ1) is 21.1. The molecule has 7 heteroatoms. The number of alkyl halides is 3. The maximum atomic E-state index is 13.0. The summed E-state index contributed by atoms with van der Waals surface area (Å²) in [5.74, 6) is -0.377. The molecule has 31 heavy (non-hydrogen) atoms. The van der Waals surface area contributed by atoms with Crippen LogP contribution in [0.2, 0.25) is 0 Å². The smallest absolute Gasteiger partial charge is 0.433 e. The Balaban J connectivity index is 1.69. The van der Waals surface area contributed by atoms with Crippen LogP contribution in [0.1, 0.15) is 33.5 Å². The van der Waals surface area contributed by atoms with Gasteiger partial charge < -0.3 is 4.74 Å². The highest BCUT2D eigenvalue weighted by atomic mass is 32.1. The lowest BCUT2D eigenvalue weighted by molar-refractivity contribution is -0.141. The zero-order chi connectivity index (χ0) is 22.0. The molecule has 0 atom stereocenters. The number of carbonyl (C=O) groups is 1. The molecule has 2 aromatic heterocycles. The quantitative estimate of drug-likeness (QED) is 0.322. The third-order valence-electron chi connectivity index (χ3n) is 4.75. The molecule has 3 nitrogen and oxygen atoms in total. The van der Waals surface area contributed by atoms with Crippen molar-refractivity contribution in [3.8, 4) is 11.1 Å². The minimum absolute atomic E-state index is 0.302. The first-order valence-corrected chi connectivity index (χ1v) is 10.5. The predicted octanol–water partition coefficient (Wildman–Crippen LogP) is 6.75. The molecular weight excluding hydrogens is 423 g/mol. The van der Waals surface area contributed by atoms with E-state index in [-0.39, 0.29) is 5.97 Å². The van der Waals surface area contributed by atoms with Crippen LogP contribution >= 0.6 is 11.3 Å². The molecule has 0 amide bonds. The Morgan fingerprint density at radius 3 is 2.58 bits per heavy atom. The summed E-state index contributed by atoms with van der Waals surface area (Å²) in [5.41, 5.74) is 1.77. The van der Waals surface area contributed by atoms with Gasteiger partial charge >= 0.3 is 12.1 Å². The summed E-state index contributed by atoms with van der Waals surface area (Å²) in [5, 5.41) is 0.982. The van der Waals surface area contributed by atoms with Crippen molar-refractivity contribution in [1.82, 2.24) is 4.98 Å². The van der Waals surface area contributed by atoms with Crippen LogP contribution in [0.3, 0.4) is 0 Å². The van der Waals surface area contributed by atoms with E-state index in [4.69, 9.17) is 4.74 Å². The lowest BCUT2D eigenvalue weighted by atomic mass is 9.99. The number of carbonyl (C=O) groups excluding carboxylic acids is 1. The number of hydrogen-bond donors (Lipinski definition) is 0. The number of fused-ring (bicyclic) bond motifs is 1. The summed E-state index contributed by atoms with van der Waals surface area (Å²) in [6, 6.07) is 19.0. The van der Waals surface area contributed by atoms with Crippen molar-refractivity contribution in [3.63, 3.8) is 0 Å². The molecule has 0 saturated carbocycles. The first-order chi connectivity index (χ1) is 14.8. The van der Waals surface area contributed by atoms with Crippen LogP contribution in [0.5, 0.6) is 0 Å². The molecule has 0 radical (unpaired) electrons. The Bertz CT molecular complexity index is 1250. The van der Waals surface area contributed by atoms with Gasteiger partial charge in [-0.3, -0.25) is 0 Å². The van der Waals surface area contributed by atoms with Gasteiger partial charge in [0.15, 0.2) is 0 Å². The van der Waals surface area contributed by atoms with Gasteiger partial charge in [-0.2, -0.15) is 13.2 Å². The van der Waals surface area contributed by atoms with Gasteiger partial charge in [0.2, 0.25) is 0 Å². The van der Waals surface area contributed by atoms with Crippen molar-refractivity contribution in [2.24, 2.45) is 0 Å². The fraction of sp³-hybridized carbons (Fsp3) is 0.167. The second kappa shape index (κ2) is 8.51. The van der Waals surface area contributed by atoms with Crippen molar-refractivity contribution in [2.45, 2.75) is 19.5 Å². The van der Waals surface area contributed by atoms with Crippen molar-refractivity contribution in [2.75, 3.05) is 6.61 Å². The topological polar surface area (TPSA) is 39.2 Å². The van der Waals surface area contributed by atoms with E-state index in [1.54, 1.807) is 31.2 Å². The summed E-state index contributed by atoms with van der Waals surface area (Å²) < 4.78 is 45.0. The fourth-order valence-electron chi connectivity index (χ4n) is 3.39. The summed E-state index contributed by atoms with van der Waals surface area (Å²) >= 11 is 1.52. The predicted molar refractivity (Wildman–Crippen MR) is 115 cm³/mol. The van der Waals surface area contributed by atoms with Gasteiger partial charge in [-0.1, -0.05) is 30.3 Å². The average Bonchev–Trinajstić information content (AvgIpc) is 3.16. The highest BCUT2D eigenvalue weighted by Crippen LogP contribution is 2.35. The molecule has 4 rings (SSSR count). The van der Waals surface area contributed by atoms with Crippen LogP contribution in [0.25, 0.3) is 21.2 Å². The fourth-order valence-corrected chi connectivity index (χ4v) is 4.50. The summed E-state index contributed by atoms with van der Waals surface area (Å²) in [6.45, 7) is 2.06. The Kier molecular flexibility index (Phi) is 5.78. The minimum Gasteiger partial charge on any atom is -0.462 e. The molecule has 0 saturated heterocycles. The van der Waals surface area contributed by atoms with Crippen molar-refractivity contribution < 1.29 is 22.7 Å². The number of rotatable bonds is 5. The Morgan fingerprint density at radius 1 is 1.03 bits per heavy atom. The first-order valence-electron chi connectivity index (χ1n) is 9.67. The number of hydrogen-bond acceptors (Lipinski definition) is 4. The lowest BCUT2D eigenvalue weighted by Gasteiger charge is -2.07. The van der Waals surface area contributed by atoms with Crippen LogP contribution in [-0.4, -0.2) is 17.6 Å². The molecule has 0 aliphatic heterocycles. The van der Waals surface area contributed by atoms with Crippen LogP contribution in [0.4, 0.5) is 13.2 Å². The molecule has 0 spiro atoms. The molecule has 2 aromatic carbocycles. The second-order valence-corrected chi connectivity index (χ2v) is 8.09. The van der Waals surface area contributed by atoms with Crippen LogP contribution in [0.15, 0.2) is 66.7 Å². The number of pyridine rings is 1. The standard InChI is InChI=1S/C24H18F3NO2S/c1-2-30-23(29)16-7-3-6-15(12-16)19-9-5-10-21-20(19)14-18(31-21)13-17-8-4-11-22(28-17)24(25,26)27/h3-12,14H,2,13H2,1H3. The SMILES string of the molecule is CCOC(=O)c1cccc(-c2cccc3sc(Cc4cccc(C(F)(F)F)n4)cc23)c1. The zero-order valence-corrected chi connectivity index (χ0v) is 17.4. The molecule has 0 aliphatic carbocycles. The number of nitrogens with zero attached hydrogens (tertiary/aromatic N) is 1. The van der Waals surface area contributed by atoms with Gasteiger partial charge in [0.1, 0.15) is 5.69 Å². The maximum absolute atomic E-state index is 13.0. The number of thiophene rings is 1. The van der Waals surface area contributed by atoms with Crippen LogP contribution < -0.4 is 0 Å². The van der Waals surface area contributed by atoms with E-state index in [2.05, 4.69) is 4.98 Å². The highest BCUT2D eigenvalue weighted by molar-refractivity contribution is 7.19. The van der Waals surface area contributed by atoms with E-state index in [9.17, 15) is 18.0 Å². The summed E-state index contributed by atoms with van der Waals surface area (Å²) in [4.78, 5) is 16.8. The third-order valence-corrected chi connectivity index (χ3v) is 5.85. The van der Waals surface area contributed by atoms with Crippen molar-refractivity contribution in [1.29, 1.82) is 0 Å². The highest BCUT2D eigenvalue weighted by Gasteiger charge is 2.32. The maximum Gasteiger partial charge on any atom is 0.433 e. The van der Waals surface area contributed by atoms with Gasteiger partial charge in [0.25, 0.3) is 0 Å². The molecule has 0 aliphatic rings. The molecule has 0 unspecified atom stereocenters. The molecular formula is C24H18F3NO2S. The summed E-state index contributed by atoms with van der Waals surface area (Å²) in [7, 11) is 0. The Labute approximate surface area is 181 Å². The van der Waals surface area contributed by atoms with Gasteiger partial charge in [0, 0.05) is 27.1 Å². The van der Waals surface area contributed by atoms with Crippen LogP contribution in [0, 0.1) is 0 Å². The summed E-state index contributed by atoms with van der Waals surface area (Å²) in [6.07, 6.45) is -4.15. The van der Waals surface area contributed by atoms with Crippen molar-refractivity contribution >= 4 is 27.4 Å². The number of ether oxygens (including phenoxy) is 1. The number of esters is 1. The van der Waals surface area contributed by atoms with E-state index in [1.165, 1.54) is 17.4 Å². The van der Waals surface area contributed by atoms with E-state index < -0.39 is 11.9 Å². The normalized spacial score (nSPS) is 11.6. The van der Waals surface area contributed by atoms with Gasteiger partial charge in [-0.05, 0) is 54.4 Å². The number of benzene rings is 2. The Morgan fingerprint density at radius 2 is 1.81 bits per heavy atom. The molecule has 4 aromatic rings. The molecule has 0 bridgehead atoms. The molecule has 0 N–H and O–H groups in total. The van der Waals surface area contributed by atoms with E-state index in [1.807, 2.05) is 30.3 Å². The largest absolute Gasteiger partial charge is 0.462 e. The zero-order valence-electron chi connectivity index (χ0n) is 16.6. The average molecular weight is 441 g/mol. The third kappa shape index (κ3) is 4.61. The molecule has 158 valence electrons. The molecule has 0 fully saturated rings. The number of aromatic nitrogens is 1. The van der Waals surface area contributed by atoms with E-state index in [0.717, 1.165) is 32.2 Å². The lowest BCUT2D eigenvalue weighted by Crippen LogP contribution is -2.09. The van der Waals surface area contributed by atoms with E-state index in [0.29, 0.717) is 24.3 Å². The Hall–Kier alpha value is -3.19. The van der Waals surface area contributed by atoms with E-state index >= 15 is 0 Å². The van der Waals surface area contributed by atoms with Gasteiger partial charge in [-0.15, -0.1) is 11.3 Å². The minimum atomic E-state index is -4.46. The number of halogens is 3. The van der Waals surface area contributed by atoms with Gasteiger partial charge in [-0.25, -0.2) is 9.78 Å². The van der Waals surface area contributed by atoms with Crippen molar-refractivity contribution in [3.05, 3.63) is 88.6 Å². The second-order valence-electron chi connectivity index (χ2n) is 6.92. The monoisotopic (exact) mass is 441 g/mol.